The maximum Gasteiger partial charge on any atom is 0.341 e. The van der Waals surface area contributed by atoms with Crippen LogP contribution in [-0.4, -0.2) is 50.7 Å². The van der Waals surface area contributed by atoms with Gasteiger partial charge in [0.2, 0.25) is 0 Å². The van der Waals surface area contributed by atoms with Crippen molar-refractivity contribution in [2.75, 3.05) is 31.2 Å². The molecule has 0 aliphatic rings. The topological polar surface area (TPSA) is 92.7 Å². The molecule has 0 aromatic heterocycles. The van der Waals surface area contributed by atoms with Gasteiger partial charge in [-0.2, -0.15) is 0 Å². The van der Waals surface area contributed by atoms with Gasteiger partial charge in [-0.3, -0.25) is 0 Å². The number of carbonyl (C=O) groups is 1. The van der Waals surface area contributed by atoms with Crippen molar-refractivity contribution >= 4 is 39.2 Å². The van der Waals surface area contributed by atoms with E-state index in [1.165, 1.54) is 0 Å². The molecule has 2 aromatic carbocycles. The number of rotatable bonds is 12. The van der Waals surface area contributed by atoms with Crippen LogP contribution in [0.1, 0.15) is 17.5 Å². The maximum atomic E-state index is 12.5. The van der Waals surface area contributed by atoms with E-state index in [1.54, 1.807) is 43.0 Å². The van der Waals surface area contributed by atoms with E-state index in [2.05, 4.69) is 5.32 Å². The summed E-state index contributed by atoms with van der Waals surface area (Å²) in [6.45, 7) is 4.60. The number of ether oxygens (including phenoxy) is 1. The van der Waals surface area contributed by atoms with E-state index in [4.69, 9.17) is 21.4 Å². The summed E-state index contributed by atoms with van der Waals surface area (Å²) in [5, 5.41) is 12.4. The van der Waals surface area contributed by atoms with Gasteiger partial charge in [-0.1, -0.05) is 17.7 Å². The van der Waals surface area contributed by atoms with Gasteiger partial charge in [0.1, 0.15) is 5.75 Å². The Morgan fingerprint density at radius 2 is 1.97 bits per heavy atom. The Bertz CT molecular complexity index is 979. The van der Waals surface area contributed by atoms with Crippen molar-refractivity contribution in [3.05, 3.63) is 52.5 Å². The number of sulfone groups is 1. The van der Waals surface area contributed by atoms with Crippen LogP contribution in [0, 0.1) is 13.8 Å². The normalized spacial score (nSPS) is 11.4. The first kappa shape index (κ1) is 24.5. The quantitative estimate of drug-likeness (QED) is 0.357. The number of hydrogen-bond acceptors (Lipinski definition) is 6. The second-order valence-electron chi connectivity index (χ2n) is 6.74. The highest BCUT2D eigenvalue weighted by Gasteiger charge is 2.17. The van der Waals surface area contributed by atoms with E-state index in [0.29, 0.717) is 34.2 Å². The number of carboxylic acids is 1. The molecule has 0 saturated heterocycles. The zero-order valence-corrected chi connectivity index (χ0v) is 19.4. The van der Waals surface area contributed by atoms with Crippen molar-refractivity contribution < 1.29 is 23.1 Å². The first-order chi connectivity index (χ1) is 14.2. The molecular weight excluding hydrogens is 446 g/mol. The van der Waals surface area contributed by atoms with Gasteiger partial charge in [0, 0.05) is 22.2 Å². The minimum Gasteiger partial charge on any atom is -0.482 e. The molecule has 0 bridgehead atoms. The number of thioether (sulfide) groups is 1. The van der Waals surface area contributed by atoms with Crippen LogP contribution in [0.15, 0.2) is 46.2 Å². The number of halogens is 1. The Morgan fingerprint density at radius 1 is 1.20 bits per heavy atom. The first-order valence-electron chi connectivity index (χ1n) is 9.47. The first-order valence-corrected chi connectivity index (χ1v) is 12.5. The summed E-state index contributed by atoms with van der Waals surface area (Å²) < 4.78 is 30.2. The number of aliphatic carboxylic acids is 1. The van der Waals surface area contributed by atoms with Crippen LogP contribution in [0.25, 0.3) is 0 Å². The van der Waals surface area contributed by atoms with Crippen LogP contribution >= 0.6 is 23.4 Å². The van der Waals surface area contributed by atoms with Crippen LogP contribution in [0.2, 0.25) is 5.02 Å². The third kappa shape index (κ3) is 7.50. The Balaban J connectivity index is 1.69. The lowest BCUT2D eigenvalue weighted by atomic mass is 10.2. The lowest BCUT2D eigenvalue weighted by molar-refractivity contribution is -0.139. The third-order valence-corrected chi connectivity index (χ3v) is 7.71. The van der Waals surface area contributed by atoms with Crippen molar-refractivity contribution in [2.24, 2.45) is 0 Å². The molecule has 0 heterocycles. The van der Waals surface area contributed by atoms with Gasteiger partial charge in [-0.25, -0.2) is 13.2 Å². The van der Waals surface area contributed by atoms with Crippen molar-refractivity contribution in [1.82, 2.24) is 5.32 Å². The van der Waals surface area contributed by atoms with E-state index in [0.717, 1.165) is 22.8 Å². The van der Waals surface area contributed by atoms with E-state index in [-0.39, 0.29) is 12.4 Å². The zero-order valence-electron chi connectivity index (χ0n) is 17.0. The standard InChI is InChI=1S/C21H26ClNO5S2/c1-15-13-17(7-8-19(15)28-14-21(24)25)29-11-10-23-9-4-12-30(26,27)20-6-3-5-18(22)16(20)2/h3,5-8,13,23H,4,9-12,14H2,1-2H3,(H,24,25). The average molecular weight is 472 g/mol. The highest BCUT2D eigenvalue weighted by atomic mass is 35.5. The third-order valence-electron chi connectivity index (χ3n) is 4.36. The fourth-order valence-electron chi connectivity index (χ4n) is 2.80. The summed E-state index contributed by atoms with van der Waals surface area (Å²) in [5.74, 6) is 0.464. The lowest BCUT2D eigenvalue weighted by Crippen LogP contribution is -2.21. The van der Waals surface area contributed by atoms with Gasteiger partial charge in [-0.15, -0.1) is 11.8 Å². The molecule has 0 unspecified atom stereocenters. The minimum absolute atomic E-state index is 0.0747. The lowest BCUT2D eigenvalue weighted by Gasteiger charge is -2.10. The zero-order chi connectivity index (χ0) is 22.1. The Hall–Kier alpha value is -1.74. The van der Waals surface area contributed by atoms with E-state index in [9.17, 15) is 13.2 Å². The molecule has 2 aromatic rings. The van der Waals surface area contributed by atoms with E-state index < -0.39 is 15.8 Å². The molecule has 0 aliphatic heterocycles. The molecule has 0 atom stereocenters. The van der Waals surface area contributed by atoms with Crippen LogP contribution < -0.4 is 10.1 Å². The van der Waals surface area contributed by atoms with Crippen molar-refractivity contribution in [2.45, 2.75) is 30.1 Å². The summed E-state index contributed by atoms with van der Waals surface area (Å²) in [7, 11) is -3.35. The predicted molar refractivity (Wildman–Crippen MR) is 121 cm³/mol. The summed E-state index contributed by atoms with van der Waals surface area (Å²) in [5.41, 5.74) is 1.48. The van der Waals surface area contributed by atoms with E-state index >= 15 is 0 Å². The summed E-state index contributed by atoms with van der Waals surface area (Å²) in [6, 6.07) is 10.6. The van der Waals surface area contributed by atoms with Crippen molar-refractivity contribution in [3.63, 3.8) is 0 Å². The molecule has 30 heavy (non-hydrogen) atoms. The summed E-state index contributed by atoms with van der Waals surface area (Å²) in [4.78, 5) is 11.9. The molecular formula is C21H26ClNO5S2. The Kier molecular flexibility index (Phi) is 9.48. The fourth-order valence-corrected chi connectivity index (χ4v) is 5.54. The summed E-state index contributed by atoms with van der Waals surface area (Å²) >= 11 is 7.69. The molecule has 6 nitrogen and oxygen atoms in total. The van der Waals surface area contributed by atoms with Gasteiger partial charge >= 0.3 is 5.97 Å². The number of benzene rings is 2. The number of carboxylic acid groups (broad SMARTS) is 1. The minimum atomic E-state index is -3.35. The summed E-state index contributed by atoms with van der Waals surface area (Å²) in [6.07, 6.45) is 0.522. The second-order valence-corrected chi connectivity index (χ2v) is 10.4. The van der Waals surface area contributed by atoms with Gasteiger partial charge < -0.3 is 15.2 Å². The molecule has 9 heteroatoms. The SMILES string of the molecule is Cc1cc(SCCNCCCS(=O)(=O)c2cccc(Cl)c2C)ccc1OCC(=O)O. The van der Waals surface area contributed by atoms with Gasteiger partial charge in [0.05, 0.1) is 10.6 Å². The monoisotopic (exact) mass is 471 g/mol. The highest BCUT2D eigenvalue weighted by Crippen LogP contribution is 2.26. The Labute approximate surface area is 186 Å². The predicted octanol–water partition coefficient (Wildman–Crippen LogP) is 3.97. The van der Waals surface area contributed by atoms with Crippen LogP contribution in [0.4, 0.5) is 0 Å². The van der Waals surface area contributed by atoms with E-state index in [1.807, 2.05) is 19.1 Å². The molecule has 0 fully saturated rings. The molecule has 2 N–H and O–H groups in total. The largest absolute Gasteiger partial charge is 0.482 e. The molecule has 0 radical (unpaired) electrons. The van der Waals surface area contributed by atoms with Gasteiger partial charge in [0.15, 0.2) is 16.4 Å². The maximum absolute atomic E-state index is 12.5. The molecule has 2 rings (SSSR count). The van der Waals surface area contributed by atoms with Crippen LogP contribution in [0.5, 0.6) is 5.75 Å². The molecule has 0 amide bonds. The number of hydrogen-bond donors (Lipinski definition) is 2. The average Bonchev–Trinajstić information content (AvgIpc) is 2.68. The Morgan fingerprint density at radius 3 is 2.67 bits per heavy atom. The van der Waals surface area contributed by atoms with Crippen LogP contribution in [-0.2, 0) is 14.6 Å². The smallest absolute Gasteiger partial charge is 0.341 e. The van der Waals surface area contributed by atoms with Gasteiger partial charge in [0.25, 0.3) is 0 Å². The van der Waals surface area contributed by atoms with Crippen LogP contribution in [0.3, 0.4) is 0 Å². The van der Waals surface area contributed by atoms with Crippen molar-refractivity contribution in [3.8, 4) is 5.75 Å². The molecule has 0 saturated carbocycles. The van der Waals surface area contributed by atoms with Crippen molar-refractivity contribution in [1.29, 1.82) is 0 Å². The second kappa shape index (κ2) is 11.6. The molecule has 0 spiro atoms. The molecule has 164 valence electrons. The molecule has 0 aliphatic carbocycles. The number of nitrogens with one attached hydrogen (secondary N) is 1. The van der Waals surface area contributed by atoms with Gasteiger partial charge in [-0.05, 0) is 68.3 Å². The highest BCUT2D eigenvalue weighted by molar-refractivity contribution is 7.99. The number of aryl methyl sites for hydroxylation is 1. The fraction of sp³-hybridized carbons (Fsp3) is 0.381.